The second-order valence-electron chi connectivity index (χ2n) is 5.04. The molecule has 100 valence electrons. The molecule has 3 heteroatoms. The fraction of sp³-hybridized carbons (Fsp3) is 0.600. The molecule has 2 rings (SSSR count). The summed E-state index contributed by atoms with van der Waals surface area (Å²) in [6.45, 7) is 4.19. The third-order valence-electron chi connectivity index (χ3n) is 3.98. The van der Waals surface area contributed by atoms with Crippen molar-refractivity contribution < 1.29 is 9.13 Å². The van der Waals surface area contributed by atoms with Crippen molar-refractivity contribution in [3.05, 3.63) is 29.6 Å². The van der Waals surface area contributed by atoms with Gasteiger partial charge in [-0.2, -0.15) is 0 Å². The fourth-order valence-electron chi connectivity index (χ4n) is 2.66. The van der Waals surface area contributed by atoms with Gasteiger partial charge in [0, 0.05) is 0 Å². The van der Waals surface area contributed by atoms with Crippen molar-refractivity contribution in [1.29, 1.82) is 0 Å². The summed E-state index contributed by atoms with van der Waals surface area (Å²) in [5, 5.41) is 3.38. The lowest BCUT2D eigenvalue weighted by Crippen LogP contribution is -2.36. The van der Waals surface area contributed by atoms with Gasteiger partial charge in [0.2, 0.25) is 0 Å². The van der Waals surface area contributed by atoms with Crippen LogP contribution < -0.4 is 10.1 Å². The second kappa shape index (κ2) is 6.19. The van der Waals surface area contributed by atoms with Gasteiger partial charge in [0.25, 0.3) is 0 Å². The van der Waals surface area contributed by atoms with Crippen molar-refractivity contribution >= 4 is 0 Å². The van der Waals surface area contributed by atoms with Gasteiger partial charge in [-0.3, -0.25) is 0 Å². The van der Waals surface area contributed by atoms with Crippen LogP contribution in [-0.2, 0) is 6.42 Å². The lowest BCUT2D eigenvalue weighted by Gasteiger charge is -2.37. The molecule has 0 aromatic heterocycles. The molecule has 18 heavy (non-hydrogen) atoms. The van der Waals surface area contributed by atoms with Gasteiger partial charge in [0.15, 0.2) is 11.6 Å². The molecule has 1 aromatic rings. The molecular formula is C15H22FNO. The SMILES string of the molecule is CCNCC1CCC1Cc1cccc(OC)c1F. The zero-order valence-electron chi connectivity index (χ0n) is 11.2. The lowest BCUT2D eigenvalue weighted by molar-refractivity contribution is 0.170. The minimum atomic E-state index is -0.186. The van der Waals surface area contributed by atoms with Crippen LogP contribution in [-0.4, -0.2) is 20.2 Å². The van der Waals surface area contributed by atoms with Gasteiger partial charge in [-0.25, -0.2) is 4.39 Å². The Hall–Kier alpha value is -1.09. The van der Waals surface area contributed by atoms with Gasteiger partial charge in [-0.1, -0.05) is 19.1 Å². The van der Waals surface area contributed by atoms with E-state index in [9.17, 15) is 4.39 Å². The average molecular weight is 251 g/mol. The summed E-state index contributed by atoms with van der Waals surface area (Å²) in [7, 11) is 1.51. The maximum absolute atomic E-state index is 14.0. The molecule has 1 fully saturated rings. The average Bonchev–Trinajstić information content (AvgIpc) is 2.36. The minimum Gasteiger partial charge on any atom is -0.494 e. The quantitative estimate of drug-likeness (QED) is 0.839. The molecule has 2 nitrogen and oxygen atoms in total. The summed E-state index contributed by atoms with van der Waals surface area (Å²) in [4.78, 5) is 0. The molecule has 1 N–H and O–H groups in total. The van der Waals surface area contributed by atoms with Crippen LogP contribution in [0, 0.1) is 17.7 Å². The number of hydrogen-bond donors (Lipinski definition) is 1. The Labute approximate surface area is 109 Å². The Morgan fingerprint density at radius 3 is 2.72 bits per heavy atom. The number of halogens is 1. The van der Waals surface area contributed by atoms with Crippen LogP contribution in [0.15, 0.2) is 18.2 Å². The van der Waals surface area contributed by atoms with Crippen molar-refractivity contribution in [2.75, 3.05) is 20.2 Å². The molecule has 1 aliphatic carbocycles. The van der Waals surface area contributed by atoms with Gasteiger partial charge in [0.1, 0.15) is 0 Å². The van der Waals surface area contributed by atoms with Gasteiger partial charge < -0.3 is 10.1 Å². The molecule has 0 amide bonds. The standard InChI is InChI=1S/C15H22FNO/c1-3-17-10-13-8-7-11(13)9-12-5-4-6-14(18-2)15(12)16/h4-6,11,13,17H,3,7-10H2,1-2H3. The topological polar surface area (TPSA) is 21.3 Å². The highest BCUT2D eigenvalue weighted by Gasteiger charge is 2.31. The van der Waals surface area contributed by atoms with E-state index in [1.165, 1.54) is 20.0 Å². The monoisotopic (exact) mass is 251 g/mol. The normalized spacial score (nSPS) is 22.6. The van der Waals surface area contributed by atoms with E-state index in [4.69, 9.17) is 4.74 Å². The first-order chi connectivity index (χ1) is 8.76. The van der Waals surface area contributed by atoms with E-state index < -0.39 is 0 Å². The number of rotatable bonds is 6. The molecule has 2 unspecified atom stereocenters. The molecule has 2 atom stereocenters. The third kappa shape index (κ3) is 2.83. The van der Waals surface area contributed by atoms with E-state index in [2.05, 4.69) is 12.2 Å². The molecule has 0 saturated heterocycles. The van der Waals surface area contributed by atoms with E-state index in [0.29, 0.717) is 17.6 Å². The van der Waals surface area contributed by atoms with Crippen LogP contribution in [0.1, 0.15) is 25.3 Å². The molecule has 0 radical (unpaired) electrons. The van der Waals surface area contributed by atoms with Gasteiger partial charge in [0.05, 0.1) is 7.11 Å². The fourth-order valence-corrected chi connectivity index (χ4v) is 2.66. The molecule has 1 aromatic carbocycles. The second-order valence-corrected chi connectivity index (χ2v) is 5.04. The maximum atomic E-state index is 14.0. The van der Waals surface area contributed by atoms with Gasteiger partial charge in [-0.05, 0) is 55.8 Å². The van der Waals surface area contributed by atoms with Crippen LogP contribution in [0.25, 0.3) is 0 Å². The zero-order valence-corrected chi connectivity index (χ0v) is 11.2. The van der Waals surface area contributed by atoms with E-state index in [1.807, 2.05) is 12.1 Å². The lowest BCUT2D eigenvalue weighted by atomic mass is 9.70. The summed E-state index contributed by atoms with van der Waals surface area (Å²) in [5.74, 6) is 1.49. The van der Waals surface area contributed by atoms with Crippen molar-refractivity contribution in [3.63, 3.8) is 0 Å². The number of methoxy groups -OCH3 is 1. The first kappa shape index (κ1) is 13.3. The van der Waals surface area contributed by atoms with E-state index in [0.717, 1.165) is 25.1 Å². The Kier molecular flexibility index (Phi) is 4.59. The number of benzene rings is 1. The summed E-state index contributed by atoms with van der Waals surface area (Å²) < 4.78 is 19.1. The minimum absolute atomic E-state index is 0.186. The molecule has 0 spiro atoms. The highest BCUT2D eigenvalue weighted by Crippen LogP contribution is 2.37. The Morgan fingerprint density at radius 1 is 1.33 bits per heavy atom. The highest BCUT2D eigenvalue weighted by atomic mass is 19.1. The van der Waals surface area contributed by atoms with Crippen molar-refractivity contribution in [2.24, 2.45) is 11.8 Å². The van der Waals surface area contributed by atoms with E-state index in [1.54, 1.807) is 6.07 Å². The third-order valence-corrected chi connectivity index (χ3v) is 3.98. The molecule has 1 saturated carbocycles. The van der Waals surface area contributed by atoms with Gasteiger partial charge >= 0.3 is 0 Å². The van der Waals surface area contributed by atoms with Gasteiger partial charge in [-0.15, -0.1) is 0 Å². The van der Waals surface area contributed by atoms with Crippen molar-refractivity contribution in [3.8, 4) is 5.75 Å². The maximum Gasteiger partial charge on any atom is 0.168 e. The van der Waals surface area contributed by atoms with Crippen LogP contribution in [0.3, 0.4) is 0 Å². The van der Waals surface area contributed by atoms with Crippen LogP contribution in [0.2, 0.25) is 0 Å². The molecule has 1 aliphatic rings. The molecule has 0 heterocycles. The highest BCUT2D eigenvalue weighted by molar-refractivity contribution is 5.31. The largest absolute Gasteiger partial charge is 0.494 e. The number of nitrogens with one attached hydrogen (secondary N) is 1. The first-order valence-corrected chi connectivity index (χ1v) is 6.78. The summed E-state index contributed by atoms with van der Waals surface area (Å²) in [5.41, 5.74) is 0.792. The van der Waals surface area contributed by atoms with Crippen LogP contribution in [0.4, 0.5) is 4.39 Å². The zero-order chi connectivity index (χ0) is 13.0. The van der Waals surface area contributed by atoms with E-state index >= 15 is 0 Å². The van der Waals surface area contributed by atoms with Crippen molar-refractivity contribution in [1.82, 2.24) is 5.32 Å². The molecular weight excluding hydrogens is 229 g/mol. The number of ether oxygens (including phenoxy) is 1. The molecule has 0 bridgehead atoms. The summed E-state index contributed by atoms with van der Waals surface area (Å²) in [6, 6.07) is 5.42. The van der Waals surface area contributed by atoms with Crippen molar-refractivity contribution in [2.45, 2.75) is 26.2 Å². The predicted molar refractivity (Wildman–Crippen MR) is 71.4 cm³/mol. The van der Waals surface area contributed by atoms with E-state index in [-0.39, 0.29) is 5.82 Å². The smallest absolute Gasteiger partial charge is 0.168 e. The predicted octanol–water partition coefficient (Wildman–Crippen LogP) is 3.01. The first-order valence-electron chi connectivity index (χ1n) is 6.78. The van der Waals surface area contributed by atoms with Crippen LogP contribution in [0.5, 0.6) is 5.75 Å². The van der Waals surface area contributed by atoms with Crippen LogP contribution >= 0.6 is 0 Å². The summed E-state index contributed by atoms with van der Waals surface area (Å²) >= 11 is 0. The Morgan fingerprint density at radius 2 is 2.11 bits per heavy atom. The Bertz CT molecular complexity index is 394. The number of hydrogen-bond acceptors (Lipinski definition) is 2. The summed E-state index contributed by atoms with van der Waals surface area (Å²) in [6.07, 6.45) is 3.31. The Balaban J connectivity index is 1.97. The molecule has 0 aliphatic heterocycles.